The van der Waals surface area contributed by atoms with Gasteiger partial charge >= 0.3 is 0 Å². The van der Waals surface area contributed by atoms with E-state index >= 15 is 0 Å². The average molecular weight is 536 g/mol. The maximum atomic E-state index is 13.7. The summed E-state index contributed by atoms with van der Waals surface area (Å²) < 4.78 is 6.45. The molecule has 0 saturated carbocycles. The van der Waals surface area contributed by atoms with Gasteiger partial charge in [0.15, 0.2) is 0 Å². The van der Waals surface area contributed by atoms with Crippen LogP contribution in [-0.2, 0) is 25.7 Å². The van der Waals surface area contributed by atoms with Gasteiger partial charge in [-0.1, -0.05) is 59.6 Å². The standard InChI is InChI=1S/C25H34BrN3O5/c1-2-3-11-27-23(32)21-25-14-17(26)20(34-25)18(19(25)24(33)29(21)12-7-8-13-30)22(31)28-15-16-9-5-4-6-10-16/h4-6,9-10,17-21,30H,2-3,7-8,11-15H2,1H3,(H,27,32)(H,28,31)/t17?,18-,19+,20-,21?,25?/m1/s1. The number of amides is 3. The number of fused-ring (bicyclic) bond motifs is 1. The van der Waals surface area contributed by atoms with Crippen LogP contribution in [0.1, 0.15) is 44.6 Å². The molecule has 3 aliphatic rings. The third kappa shape index (κ3) is 4.50. The summed E-state index contributed by atoms with van der Waals surface area (Å²) >= 11 is 3.68. The van der Waals surface area contributed by atoms with E-state index in [9.17, 15) is 19.5 Å². The molecule has 3 amide bonds. The molecular formula is C25H34BrN3O5. The van der Waals surface area contributed by atoms with E-state index in [0.717, 1.165) is 18.4 Å². The monoisotopic (exact) mass is 535 g/mol. The lowest BCUT2D eigenvalue weighted by molar-refractivity contribution is -0.142. The van der Waals surface area contributed by atoms with E-state index in [4.69, 9.17) is 4.74 Å². The number of hydrogen-bond donors (Lipinski definition) is 3. The molecule has 4 rings (SSSR count). The molecule has 3 unspecified atom stereocenters. The molecule has 0 radical (unpaired) electrons. The van der Waals surface area contributed by atoms with Gasteiger partial charge in [-0.25, -0.2) is 0 Å². The molecule has 3 N–H and O–H groups in total. The number of carbonyl (C=O) groups excluding carboxylic acids is 3. The summed E-state index contributed by atoms with van der Waals surface area (Å²) in [6, 6.07) is 8.84. The number of nitrogens with one attached hydrogen (secondary N) is 2. The van der Waals surface area contributed by atoms with E-state index in [-0.39, 0.29) is 29.2 Å². The van der Waals surface area contributed by atoms with Crippen LogP contribution in [0.3, 0.4) is 0 Å². The molecular weight excluding hydrogens is 502 g/mol. The molecule has 2 bridgehead atoms. The first-order valence-corrected chi connectivity index (χ1v) is 13.2. The van der Waals surface area contributed by atoms with Crippen molar-refractivity contribution in [3.8, 4) is 0 Å². The number of nitrogens with zero attached hydrogens (tertiary/aromatic N) is 1. The minimum absolute atomic E-state index is 0.0243. The fourth-order valence-electron chi connectivity index (χ4n) is 5.75. The molecule has 9 heteroatoms. The third-order valence-electron chi connectivity index (χ3n) is 7.29. The maximum absolute atomic E-state index is 13.7. The van der Waals surface area contributed by atoms with Crippen LogP contribution in [0.2, 0.25) is 0 Å². The van der Waals surface area contributed by atoms with Crippen LogP contribution in [0, 0.1) is 11.8 Å². The number of halogens is 1. The summed E-state index contributed by atoms with van der Waals surface area (Å²) in [5, 5.41) is 15.2. The molecule has 3 aliphatic heterocycles. The zero-order chi connectivity index (χ0) is 24.3. The van der Waals surface area contributed by atoms with E-state index < -0.39 is 29.6 Å². The SMILES string of the molecule is CCCCNC(=O)C1N(CCCCO)C(=O)[C@@H]2[C@@H](C(=O)NCc3ccccc3)[C@@H]3OC12CC3Br. The number of likely N-dealkylation sites (tertiary alicyclic amines) is 1. The van der Waals surface area contributed by atoms with Gasteiger partial charge < -0.3 is 25.4 Å². The second-order valence-electron chi connectivity index (χ2n) is 9.47. The molecule has 3 fully saturated rings. The van der Waals surface area contributed by atoms with Crippen molar-refractivity contribution in [3.63, 3.8) is 0 Å². The lowest BCUT2D eigenvalue weighted by Crippen LogP contribution is -2.56. The van der Waals surface area contributed by atoms with Gasteiger partial charge in [0.1, 0.15) is 11.6 Å². The second-order valence-corrected chi connectivity index (χ2v) is 10.7. The maximum Gasteiger partial charge on any atom is 0.245 e. The van der Waals surface area contributed by atoms with Crippen LogP contribution in [0.25, 0.3) is 0 Å². The predicted molar refractivity (Wildman–Crippen MR) is 130 cm³/mol. The smallest absolute Gasteiger partial charge is 0.245 e. The Morgan fingerprint density at radius 1 is 1.18 bits per heavy atom. The van der Waals surface area contributed by atoms with E-state index in [1.54, 1.807) is 4.90 Å². The van der Waals surface area contributed by atoms with Crippen LogP contribution >= 0.6 is 15.9 Å². The van der Waals surface area contributed by atoms with Crippen molar-refractivity contribution in [3.05, 3.63) is 35.9 Å². The van der Waals surface area contributed by atoms with E-state index in [1.807, 2.05) is 30.3 Å². The highest BCUT2D eigenvalue weighted by Gasteiger charge is 2.76. The summed E-state index contributed by atoms with van der Waals surface area (Å²) in [7, 11) is 0. The van der Waals surface area contributed by atoms with Crippen LogP contribution < -0.4 is 10.6 Å². The third-order valence-corrected chi connectivity index (χ3v) is 8.13. The van der Waals surface area contributed by atoms with Gasteiger partial charge in [-0.2, -0.15) is 0 Å². The Morgan fingerprint density at radius 3 is 2.65 bits per heavy atom. The van der Waals surface area contributed by atoms with Crippen molar-refractivity contribution >= 4 is 33.7 Å². The molecule has 3 heterocycles. The first kappa shape index (κ1) is 25.1. The quantitative estimate of drug-likeness (QED) is 0.295. The van der Waals surface area contributed by atoms with Gasteiger partial charge in [-0.15, -0.1) is 0 Å². The number of ether oxygens (including phenoxy) is 1. The molecule has 34 heavy (non-hydrogen) atoms. The summed E-state index contributed by atoms with van der Waals surface area (Å²) in [6.07, 6.45) is 2.95. The number of aliphatic hydroxyl groups excluding tert-OH is 1. The van der Waals surface area contributed by atoms with Crippen LogP contribution in [0.15, 0.2) is 30.3 Å². The van der Waals surface area contributed by atoms with E-state index in [1.165, 1.54) is 0 Å². The van der Waals surface area contributed by atoms with E-state index in [2.05, 4.69) is 33.5 Å². The average Bonchev–Trinajstić information content (AvgIpc) is 3.42. The fraction of sp³-hybridized carbons (Fsp3) is 0.640. The molecule has 1 aromatic rings. The molecule has 0 aliphatic carbocycles. The number of aliphatic hydroxyl groups is 1. The number of carbonyl (C=O) groups is 3. The van der Waals surface area contributed by atoms with Crippen molar-refractivity contribution in [1.29, 1.82) is 0 Å². The first-order chi connectivity index (χ1) is 16.4. The largest absolute Gasteiger partial charge is 0.396 e. The Bertz CT molecular complexity index is 900. The van der Waals surface area contributed by atoms with Gasteiger partial charge in [0.2, 0.25) is 17.7 Å². The van der Waals surface area contributed by atoms with Crippen molar-refractivity contribution in [1.82, 2.24) is 15.5 Å². The van der Waals surface area contributed by atoms with E-state index in [0.29, 0.717) is 38.9 Å². The van der Waals surface area contributed by atoms with Crippen LogP contribution in [0.5, 0.6) is 0 Å². The number of alkyl halides is 1. The number of hydrogen-bond acceptors (Lipinski definition) is 5. The molecule has 186 valence electrons. The summed E-state index contributed by atoms with van der Waals surface area (Å²) in [5.74, 6) is -2.00. The van der Waals surface area contributed by atoms with Crippen molar-refractivity contribution in [2.24, 2.45) is 11.8 Å². The molecule has 6 atom stereocenters. The molecule has 8 nitrogen and oxygen atoms in total. The van der Waals surface area contributed by atoms with Crippen molar-refractivity contribution in [2.75, 3.05) is 19.7 Å². The molecule has 3 saturated heterocycles. The lowest BCUT2D eigenvalue weighted by Gasteiger charge is -2.34. The highest BCUT2D eigenvalue weighted by molar-refractivity contribution is 9.09. The highest BCUT2D eigenvalue weighted by Crippen LogP contribution is 2.60. The zero-order valence-corrected chi connectivity index (χ0v) is 21.1. The lowest BCUT2D eigenvalue weighted by atomic mass is 9.70. The molecule has 1 aromatic carbocycles. The Labute approximate surface area is 208 Å². The summed E-state index contributed by atoms with van der Waals surface area (Å²) in [6.45, 7) is 3.33. The van der Waals surface area contributed by atoms with Crippen molar-refractivity contribution < 1.29 is 24.2 Å². The highest BCUT2D eigenvalue weighted by atomic mass is 79.9. The van der Waals surface area contributed by atoms with Crippen LogP contribution in [0.4, 0.5) is 0 Å². The van der Waals surface area contributed by atoms with Gasteiger partial charge in [0.25, 0.3) is 0 Å². The first-order valence-electron chi connectivity index (χ1n) is 12.3. The predicted octanol–water partition coefficient (Wildman–Crippen LogP) is 1.74. The van der Waals surface area contributed by atoms with Gasteiger partial charge in [0, 0.05) is 31.1 Å². The minimum Gasteiger partial charge on any atom is -0.396 e. The van der Waals surface area contributed by atoms with Crippen LogP contribution in [-0.4, -0.2) is 70.0 Å². The topological polar surface area (TPSA) is 108 Å². The normalized spacial score (nSPS) is 31.6. The number of benzene rings is 1. The molecule has 1 spiro atoms. The van der Waals surface area contributed by atoms with Gasteiger partial charge in [-0.05, 0) is 31.2 Å². The second kappa shape index (κ2) is 10.7. The Balaban J connectivity index is 1.59. The Kier molecular flexibility index (Phi) is 7.94. The minimum atomic E-state index is -1.03. The van der Waals surface area contributed by atoms with Gasteiger partial charge in [0.05, 0.1) is 17.9 Å². The number of rotatable bonds is 11. The summed E-state index contributed by atoms with van der Waals surface area (Å²) in [4.78, 5) is 41.9. The number of unbranched alkanes of at least 4 members (excludes halogenated alkanes) is 2. The fourth-order valence-corrected chi connectivity index (χ4v) is 6.69. The zero-order valence-electron chi connectivity index (χ0n) is 19.5. The van der Waals surface area contributed by atoms with Gasteiger partial charge in [-0.3, -0.25) is 14.4 Å². The Hall–Kier alpha value is -1.97. The van der Waals surface area contributed by atoms with Crippen molar-refractivity contribution in [2.45, 2.75) is 68.1 Å². The Morgan fingerprint density at radius 2 is 1.94 bits per heavy atom. The summed E-state index contributed by atoms with van der Waals surface area (Å²) in [5.41, 5.74) is -0.0539. The molecule has 0 aromatic heterocycles.